The number of imidazole rings is 1. The summed E-state index contributed by atoms with van der Waals surface area (Å²) in [6.07, 6.45) is 5.21. The van der Waals surface area contributed by atoms with Crippen LogP contribution in [0.3, 0.4) is 0 Å². The van der Waals surface area contributed by atoms with Gasteiger partial charge in [0.15, 0.2) is 5.03 Å². The van der Waals surface area contributed by atoms with Gasteiger partial charge in [0.2, 0.25) is 0 Å². The van der Waals surface area contributed by atoms with Crippen molar-refractivity contribution in [2.24, 2.45) is 5.92 Å². The second kappa shape index (κ2) is 6.24. The smallest absolute Gasteiger partial charge is 0.262 e. The Morgan fingerprint density at radius 1 is 1.50 bits per heavy atom. The highest BCUT2D eigenvalue weighted by Crippen LogP contribution is 2.23. The number of hydrogen-bond acceptors (Lipinski definition) is 4. The summed E-state index contributed by atoms with van der Waals surface area (Å²) in [6, 6.07) is 0.213. The molecular formula is C13H24N4O2S. The van der Waals surface area contributed by atoms with Crippen molar-refractivity contribution in [1.29, 1.82) is 0 Å². The van der Waals surface area contributed by atoms with Crippen LogP contribution in [0.15, 0.2) is 17.6 Å². The van der Waals surface area contributed by atoms with Gasteiger partial charge >= 0.3 is 0 Å². The van der Waals surface area contributed by atoms with Crippen molar-refractivity contribution in [3.05, 3.63) is 12.5 Å². The third-order valence-corrected chi connectivity index (χ3v) is 5.50. The molecule has 114 valence electrons. The lowest BCUT2D eigenvalue weighted by atomic mass is 10.00. The van der Waals surface area contributed by atoms with Gasteiger partial charge in [-0.3, -0.25) is 0 Å². The van der Waals surface area contributed by atoms with Crippen molar-refractivity contribution >= 4 is 10.0 Å². The predicted octanol–water partition coefficient (Wildman–Crippen LogP) is 1.08. The third-order valence-electron chi connectivity index (χ3n) is 3.75. The van der Waals surface area contributed by atoms with E-state index in [1.807, 2.05) is 25.5 Å². The predicted molar refractivity (Wildman–Crippen MR) is 78.0 cm³/mol. The fraction of sp³-hybridized carbons (Fsp3) is 0.769. The van der Waals surface area contributed by atoms with Crippen molar-refractivity contribution in [3.8, 4) is 0 Å². The first-order valence-corrected chi connectivity index (χ1v) is 8.57. The molecule has 1 N–H and O–H groups in total. The summed E-state index contributed by atoms with van der Waals surface area (Å²) in [6.45, 7) is 6.03. The van der Waals surface area contributed by atoms with Crippen LogP contribution in [0.4, 0.5) is 0 Å². The second-order valence-corrected chi connectivity index (χ2v) is 7.57. The van der Waals surface area contributed by atoms with E-state index >= 15 is 0 Å². The lowest BCUT2D eigenvalue weighted by molar-refractivity contribution is 0.263. The minimum atomic E-state index is -3.45. The number of aromatic nitrogens is 2. The molecule has 1 saturated heterocycles. The molecule has 0 spiro atoms. The summed E-state index contributed by atoms with van der Waals surface area (Å²) in [4.78, 5) is 4.07. The molecule has 1 atom stereocenters. The highest BCUT2D eigenvalue weighted by molar-refractivity contribution is 7.89. The van der Waals surface area contributed by atoms with E-state index in [0.29, 0.717) is 19.0 Å². The molecule has 2 heterocycles. The molecule has 1 aliphatic heterocycles. The van der Waals surface area contributed by atoms with E-state index in [2.05, 4.69) is 10.3 Å². The van der Waals surface area contributed by atoms with Gasteiger partial charge in [0.1, 0.15) is 0 Å². The van der Waals surface area contributed by atoms with Gasteiger partial charge in [-0.15, -0.1) is 0 Å². The molecule has 0 aromatic carbocycles. The fourth-order valence-corrected chi connectivity index (χ4v) is 4.04. The maximum Gasteiger partial charge on any atom is 0.262 e. The molecule has 0 radical (unpaired) electrons. The summed E-state index contributed by atoms with van der Waals surface area (Å²) >= 11 is 0. The van der Waals surface area contributed by atoms with Crippen LogP contribution in [0.25, 0.3) is 0 Å². The maximum absolute atomic E-state index is 12.6. The Hall–Kier alpha value is -0.920. The SMILES string of the molecule is CNCC1CCCN(S(=O)(=O)c2cn(C(C)C)cn2)C1. The Balaban J connectivity index is 2.16. The zero-order valence-corrected chi connectivity index (χ0v) is 13.2. The van der Waals surface area contributed by atoms with E-state index < -0.39 is 10.0 Å². The van der Waals surface area contributed by atoms with Crippen LogP contribution < -0.4 is 5.32 Å². The summed E-state index contributed by atoms with van der Waals surface area (Å²) < 4.78 is 28.6. The first kappa shape index (κ1) is 15.5. The van der Waals surface area contributed by atoms with Crippen molar-refractivity contribution in [2.75, 3.05) is 26.7 Å². The van der Waals surface area contributed by atoms with E-state index in [0.717, 1.165) is 19.4 Å². The van der Waals surface area contributed by atoms with Gasteiger partial charge in [0.25, 0.3) is 10.0 Å². The number of rotatable bonds is 5. The van der Waals surface area contributed by atoms with Crippen LogP contribution in [0, 0.1) is 5.92 Å². The van der Waals surface area contributed by atoms with Crippen LogP contribution >= 0.6 is 0 Å². The Kier molecular flexibility index (Phi) is 4.82. The fourth-order valence-electron chi connectivity index (χ4n) is 2.57. The van der Waals surface area contributed by atoms with Crippen LogP contribution in [0.5, 0.6) is 0 Å². The summed E-state index contributed by atoms with van der Waals surface area (Å²) in [5.41, 5.74) is 0. The third kappa shape index (κ3) is 3.21. The zero-order valence-electron chi connectivity index (χ0n) is 12.4. The van der Waals surface area contributed by atoms with Crippen molar-refractivity contribution in [2.45, 2.75) is 37.8 Å². The van der Waals surface area contributed by atoms with E-state index in [4.69, 9.17) is 0 Å². The van der Waals surface area contributed by atoms with Crippen molar-refractivity contribution in [1.82, 2.24) is 19.2 Å². The summed E-state index contributed by atoms with van der Waals surface area (Å²) in [7, 11) is -1.55. The molecule has 1 aromatic rings. The van der Waals surface area contributed by atoms with Gasteiger partial charge in [-0.2, -0.15) is 4.31 Å². The van der Waals surface area contributed by atoms with Crippen LogP contribution in [-0.4, -0.2) is 49.0 Å². The molecule has 1 unspecified atom stereocenters. The second-order valence-electron chi connectivity index (χ2n) is 5.68. The number of hydrogen-bond donors (Lipinski definition) is 1. The van der Waals surface area contributed by atoms with Crippen molar-refractivity contribution < 1.29 is 8.42 Å². The molecule has 1 fully saturated rings. The van der Waals surface area contributed by atoms with Crippen LogP contribution in [-0.2, 0) is 10.0 Å². The molecule has 7 heteroatoms. The number of sulfonamides is 1. The minimum Gasteiger partial charge on any atom is -0.334 e. The molecule has 20 heavy (non-hydrogen) atoms. The largest absolute Gasteiger partial charge is 0.334 e. The number of piperidine rings is 1. The van der Waals surface area contributed by atoms with Gasteiger partial charge in [0, 0.05) is 25.3 Å². The van der Waals surface area contributed by atoms with Crippen LogP contribution in [0.2, 0.25) is 0 Å². The van der Waals surface area contributed by atoms with E-state index in [1.54, 1.807) is 16.8 Å². The molecular weight excluding hydrogens is 276 g/mol. The highest BCUT2D eigenvalue weighted by Gasteiger charge is 2.31. The first-order valence-electron chi connectivity index (χ1n) is 7.13. The molecule has 6 nitrogen and oxygen atoms in total. The summed E-state index contributed by atoms with van der Waals surface area (Å²) in [5.74, 6) is 0.385. The molecule has 2 rings (SSSR count). The van der Waals surface area contributed by atoms with Crippen molar-refractivity contribution in [3.63, 3.8) is 0 Å². The van der Waals surface area contributed by atoms with Gasteiger partial charge in [-0.05, 0) is 46.2 Å². The molecule has 0 bridgehead atoms. The summed E-state index contributed by atoms with van der Waals surface area (Å²) in [5, 5.41) is 3.29. The minimum absolute atomic E-state index is 0.163. The highest BCUT2D eigenvalue weighted by atomic mass is 32.2. The van der Waals surface area contributed by atoms with E-state index in [9.17, 15) is 8.42 Å². The van der Waals surface area contributed by atoms with Gasteiger partial charge < -0.3 is 9.88 Å². The first-order chi connectivity index (χ1) is 9.45. The average Bonchev–Trinajstić information content (AvgIpc) is 2.90. The van der Waals surface area contributed by atoms with Crippen LogP contribution in [0.1, 0.15) is 32.7 Å². The topological polar surface area (TPSA) is 67.2 Å². The van der Waals surface area contributed by atoms with E-state index in [-0.39, 0.29) is 11.1 Å². The molecule has 1 aliphatic rings. The standard InChI is InChI=1S/C13H24N4O2S/c1-11(2)16-9-13(15-10-16)20(18,19)17-6-4-5-12(8-17)7-14-3/h9-12,14H,4-8H2,1-3H3. The Morgan fingerprint density at radius 2 is 2.25 bits per heavy atom. The quantitative estimate of drug-likeness (QED) is 0.884. The van der Waals surface area contributed by atoms with Gasteiger partial charge in [-0.25, -0.2) is 13.4 Å². The molecule has 1 aromatic heterocycles. The van der Waals surface area contributed by atoms with E-state index in [1.165, 1.54) is 0 Å². The molecule has 0 amide bonds. The molecule has 0 aliphatic carbocycles. The monoisotopic (exact) mass is 300 g/mol. The Bertz CT molecular complexity index is 536. The molecule has 0 saturated carbocycles. The average molecular weight is 300 g/mol. The van der Waals surface area contributed by atoms with Gasteiger partial charge in [-0.1, -0.05) is 0 Å². The lowest BCUT2D eigenvalue weighted by Crippen LogP contribution is -2.42. The zero-order chi connectivity index (χ0) is 14.8. The number of nitrogens with one attached hydrogen (secondary N) is 1. The normalized spacial score (nSPS) is 21.5. The maximum atomic E-state index is 12.6. The Labute approximate surface area is 121 Å². The van der Waals surface area contributed by atoms with Gasteiger partial charge in [0.05, 0.1) is 6.33 Å². The number of nitrogens with zero attached hydrogens (tertiary/aromatic N) is 3. The Morgan fingerprint density at radius 3 is 2.85 bits per heavy atom. The lowest BCUT2D eigenvalue weighted by Gasteiger charge is -2.31.